The second-order valence-corrected chi connectivity index (χ2v) is 4.30. The van der Waals surface area contributed by atoms with Gasteiger partial charge in [0.1, 0.15) is 6.54 Å². The Morgan fingerprint density at radius 1 is 1.17 bits per heavy atom. The van der Waals surface area contributed by atoms with Gasteiger partial charge in [0.15, 0.2) is 5.69 Å². The fourth-order valence-electron chi connectivity index (χ4n) is 1.77. The van der Waals surface area contributed by atoms with Crippen LogP contribution in [-0.2, 0) is 6.18 Å². The van der Waals surface area contributed by atoms with Crippen molar-refractivity contribution >= 4 is 11.4 Å². The molecule has 124 valence electrons. The summed E-state index contributed by atoms with van der Waals surface area (Å²) in [5.41, 5.74) is 5.75. The van der Waals surface area contributed by atoms with E-state index >= 15 is 0 Å². The highest BCUT2D eigenvalue weighted by Gasteiger charge is 2.35. The van der Waals surface area contributed by atoms with E-state index in [4.69, 9.17) is 12.1 Å². The zero-order chi connectivity index (χ0) is 17.7. The van der Waals surface area contributed by atoms with Crippen molar-refractivity contribution in [3.05, 3.63) is 45.6 Å². The average molecular weight is 337 g/mol. The minimum Gasteiger partial charge on any atom is -0.363 e. The van der Waals surface area contributed by atoms with Gasteiger partial charge in [0.05, 0.1) is 12.1 Å². The molecule has 0 saturated carbocycles. The maximum atomic E-state index is 12.9. The quantitative estimate of drug-likeness (QED) is 0.247. The van der Waals surface area contributed by atoms with Crippen LogP contribution in [0, 0.1) is 6.57 Å². The molecular formula is C12H9F6N5. The van der Waals surface area contributed by atoms with Crippen molar-refractivity contribution in [3.8, 4) is 0 Å². The summed E-state index contributed by atoms with van der Waals surface area (Å²) in [6.07, 6.45) is -9.53. The van der Waals surface area contributed by atoms with Crippen LogP contribution in [0.5, 0.6) is 0 Å². The molecule has 0 N–H and O–H groups in total. The highest BCUT2D eigenvalue weighted by atomic mass is 19.4. The van der Waals surface area contributed by atoms with E-state index in [-0.39, 0.29) is 12.2 Å². The normalized spacial score (nSPS) is 11.5. The summed E-state index contributed by atoms with van der Waals surface area (Å²) in [4.78, 5) is 5.70. The van der Waals surface area contributed by atoms with Gasteiger partial charge in [0, 0.05) is 23.7 Å². The maximum Gasteiger partial charge on any atom is 0.407 e. The van der Waals surface area contributed by atoms with Crippen LogP contribution in [0.15, 0.2) is 23.3 Å². The van der Waals surface area contributed by atoms with E-state index in [1.807, 2.05) is 0 Å². The molecule has 23 heavy (non-hydrogen) atoms. The molecule has 0 unspecified atom stereocenters. The molecule has 0 bridgehead atoms. The Labute approximate surface area is 126 Å². The number of rotatable bonds is 5. The summed E-state index contributed by atoms with van der Waals surface area (Å²) in [5.74, 6) is 0. The fraction of sp³-hybridized carbons (Fsp3) is 0.417. The fourth-order valence-corrected chi connectivity index (χ4v) is 1.77. The Hall–Kier alpha value is -2.60. The molecule has 1 rings (SSSR count). The van der Waals surface area contributed by atoms with Gasteiger partial charge in [0.2, 0.25) is 0 Å². The van der Waals surface area contributed by atoms with Crippen LogP contribution in [0.3, 0.4) is 0 Å². The molecule has 0 amide bonds. The predicted octanol–water partition coefficient (Wildman–Crippen LogP) is 4.94. The van der Waals surface area contributed by atoms with Gasteiger partial charge >= 0.3 is 12.4 Å². The summed E-state index contributed by atoms with van der Waals surface area (Å²) in [6, 6.07) is 2.28. The van der Waals surface area contributed by atoms with Crippen molar-refractivity contribution in [3.63, 3.8) is 0 Å². The minimum absolute atomic E-state index is 0.349. The standard InChI is InChI=1S/C12H9F6N5/c1-20-10-3-2-8(6-9(10)12(16,17)18)23(5-4-21-22-19)7-11(13,14)15/h2-3,6H,4-5,7H2. The molecule has 0 aromatic heterocycles. The second-order valence-electron chi connectivity index (χ2n) is 4.30. The Balaban J connectivity index is 3.24. The lowest BCUT2D eigenvalue weighted by Gasteiger charge is -2.26. The molecule has 11 heteroatoms. The van der Waals surface area contributed by atoms with Gasteiger partial charge < -0.3 is 4.90 Å². The van der Waals surface area contributed by atoms with Gasteiger partial charge in [-0.05, 0) is 17.7 Å². The van der Waals surface area contributed by atoms with Crippen molar-refractivity contribution in [2.24, 2.45) is 5.11 Å². The molecule has 0 fully saturated rings. The first-order valence-corrected chi connectivity index (χ1v) is 5.99. The average Bonchev–Trinajstić information content (AvgIpc) is 2.43. The van der Waals surface area contributed by atoms with E-state index in [1.54, 1.807) is 0 Å². The Morgan fingerprint density at radius 2 is 1.83 bits per heavy atom. The van der Waals surface area contributed by atoms with Crippen LogP contribution >= 0.6 is 0 Å². The Kier molecular flexibility index (Phi) is 5.70. The summed E-state index contributed by atoms with van der Waals surface area (Å²) in [6.45, 7) is 4.42. The number of alkyl halides is 6. The lowest BCUT2D eigenvalue weighted by atomic mass is 10.1. The summed E-state index contributed by atoms with van der Waals surface area (Å²) in [5, 5.41) is 3.07. The first-order valence-electron chi connectivity index (χ1n) is 5.99. The SMILES string of the molecule is [C-]#[N+]c1ccc(N(CCN=[N+]=[N-])CC(F)(F)F)cc1C(F)(F)F. The predicted molar refractivity (Wildman–Crippen MR) is 70.0 cm³/mol. The highest BCUT2D eigenvalue weighted by molar-refractivity contribution is 5.62. The molecule has 0 aliphatic rings. The number of azide groups is 1. The van der Waals surface area contributed by atoms with Crippen LogP contribution in [0.25, 0.3) is 15.3 Å². The second kappa shape index (κ2) is 7.11. The molecule has 0 spiro atoms. The summed E-state index contributed by atoms with van der Waals surface area (Å²) >= 11 is 0. The number of nitrogens with zero attached hydrogens (tertiary/aromatic N) is 5. The number of hydrogen-bond donors (Lipinski definition) is 0. The highest BCUT2D eigenvalue weighted by Crippen LogP contribution is 2.39. The lowest BCUT2D eigenvalue weighted by Crippen LogP contribution is -2.36. The number of halogens is 6. The Bertz CT molecular complexity index is 639. The monoisotopic (exact) mass is 337 g/mol. The van der Waals surface area contributed by atoms with Crippen molar-refractivity contribution in [2.45, 2.75) is 12.4 Å². The molecular weight excluding hydrogens is 328 g/mol. The van der Waals surface area contributed by atoms with Crippen molar-refractivity contribution < 1.29 is 26.3 Å². The molecule has 0 heterocycles. The van der Waals surface area contributed by atoms with Gasteiger partial charge in [-0.2, -0.15) is 26.3 Å². The maximum absolute atomic E-state index is 12.9. The van der Waals surface area contributed by atoms with Crippen LogP contribution in [0.2, 0.25) is 0 Å². The van der Waals surface area contributed by atoms with E-state index in [0.29, 0.717) is 11.0 Å². The minimum atomic E-state index is -4.87. The number of hydrogen-bond acceptors (Lipinski definition) is 2. The molecule has 0 atom stereocenters. The topological polar surface area (TPSA) is 56.4 Å². The van der Waals surface area contributed by atoms with E-state index in [2.05, 4.69) is 14.9 Å². The third kappa shape index (κ3) is 5.60. The van der Waals surface area contributed by atoms with Gasteiger partial charge in [-0.1, -0.05) is 11.2 Å². The van der Waals surface area contributed by atoms with Crippen LogP contribution in [0.4, 0.5) is 37.7 Å². The third-order valence-electron chi connectivity index (χ3n) is 2.67. The Morgan fingerprint density at radius 3 is 2.30 bits per heavy atom. The van der Waals surface area contributed by atoms with Gasteiger partial charge in [-0.3, -0.25) is 0 Å². The third-order valence-corrected chi connectivity index (χ3v) is 2.67. The number of benzene rings is 1. The molecule has 0 radical (unpaired) electrons. The van der Waals surface area contributed by atoms with Crippen molar-refractivity contribution in [1.82, 2.24) is 0 Å². The lowest BCUT2D eigenvalue weighted by molar-refractivity contribution is -0.136. The van der Waals surface area contributed by atoms with Crippen molar-refractivity contribution in [1.29, 1.82) is 0 Å². The first kappa shape index (κ1) is 18.4. The zero-order valence-corrected chi connectivity index (χ0v) is 11.4. The van der Waals surface area contributed by atoms with E-state index in [9.17, 15) is 26.3 Å². The molecule has 0 aliphatic carbocycles. The van der Waals surface area contributed by atoms with Gasteiger partial charge in [-0.15, -0.1) is 0 Å². The van der Waals surface area contributed by atoms with Gasteiger partial charge in [-0.25, -0.2) is 4.85 Å². The molecule has 0 aliphatic heterocycles. The van der Waals surface area contributed by atoms with Crippen molar-refractivity contribution in [2.75, 3.05) is 24.5 Å². The molecule has 0 saturated heterocycles. The smallest absolute Gasteiger partial charge is 0.363 e. The van der Waals surface area contributed by atoms with Crippen LogP contribution in [-0.4, -0.2) is 25.8 Å². The molecule has 1 aromatic rings. The van der Waals surface area contributed by atoms with Crippen LogP contribution < -0.4 is 4.90 Å². The van der Waals surface area contributed by atoms with Crippen LogP contribution in [0.1, 0.15) is 5.56 Å². The van der Waals surface area contributed by atoms with Gasteiger partial charge in [0.25, 0.3) is 0 Å². The summed E-state index contributed by atoms with van der Waals surface area (Å²) < 4.78 is 76.3. The largest absolute Gasteiger partial charge is 0.407 e. The summed E-state index contributed by atoms with van der Waals surface area (Å²) in [7, 11) is 0. The first-order chi connectivity index (χ1) is 10.6. The molecule has 1 aromatic carbocycles. The van der Waals surface area contributed by atoms with E-state index in [1.165, 1.54) is 0 Å². The molecule has 5 nitrogen and oxygen atoms in total. The number of anilines is 1. The van der Waals surface area contributed by atoms with E-state index < -0.39 is 36.7 Å². The van der Waals surface area contributed by atoms with E-state index in [0.717, 1.165) is 12.1 Å². The zero-order valence-electron chi connectivity index (χ0n) is 11.4.